The van der Waals surface area contributed by atoms with Gasteiger partial charge in [0.15, 0.2) is 6.29 Å². The Hall–Kier alpha value is -0.240. The van der Waals surface area contributed by atoms with Crippen LogP contribution >= 0.6 is 0 Å². The summed E-state index contributed by atoms with van der Waals surface area (Å²) >= 11 is 0. The highest BCUT2D eigenvalue weighted by atomic mass is 16.7. The average Bonchev–Trinajstić information content (AvgIpc) is 2.56. The molecule has 1 spiro atoms. The first-order valence-corrected chi connectivity index (χ1v) is 4.97. The van der Waals surface area contributed by atoms with Gasteiger partial charge in [0.1, 0.15) is 23.9 Å². The number of aliphatic hydroxyl groups is 4. The van der Waals surface area contributed by atoms with Crippen molar-refractivity contribution in [3.05, 3.63) is 0 Å². The molecule has 0 saturated carbocycles. The molecule has 2 fully saturated rings. The molecule has 4 N–H and O–H groups in total. The summed E-state index contributed by atoms with van der Waals surface area (Å²) in [4.78, 5) is 0. The van der Waals surface area contributed by atoms with Crippen LogP contribution in [-0.4, -0.2) is 63.8 Å². The molecule has 15 heavy (non-hydrogen) atoms. The van der Waals surface area contributed by atoms with Gasteiger partial charge in [-0.2, -0.15) is 0 Å². The average molecular weight is 220 g/mol. The molecule has 0 radical (unpaired) electrons. The summed E-state index contributed by atoms with van der Waals surface area (Å²) < 4.78 is 10.4. The normalized spacial score (nSPS) is 56.2. The van der Waals surface area contributed by atoms with Gasteiger partial charge in [-0.15, -0.1) is 0 Å². The third-order valence-electron chi connectivity index (χ3n) is 3.34. The van der Waals surface area contributed by atoms with Gasteiger partial charge in [0, 0.05) is 5.92 Å². The highest BCUT2D eigenvalue weighted by Crippen LogP contribution is 2.39. The molecule has 6 unspecified atom stereocenters. The summed E-state index contributed by atoms with van der Waals surface area (Å²) in [7, 11) is 0. The van der Waals surface area contributed by atoms with Crippen molar-refractivity contribution in [1.82, 2.24) is 0 Å². The second kappa shape index (κ2) is 3.65. The predicted octanol–water partition coefficient (Wildman–Crippen LogP) is -2.18. The van der Waals surface area contributed by atoms with Gasteiger partial charge < -0.3 is 29.9 Å². The summed E-state index contributed by atoms with van der Waals surface area (Å²) in [5.74, 6) is -0.149. The van der Waals surface area contributed by atoms with Crippen molar-refractivity contribution in [2.45, 2.75) is 37.1 Å². The monoisotopic (exact) mass is 220 g/mol. The highest BCUT2D eigenvalue weighted by Gasteiger charge is 2.58. The van der Waals surface area contributed by atoms with E-state index in [9.17, 15) is 20.4 Å². The topological polar surface area (TPSA) is 99.4 Å². The first-order valence-electron chi connectivity index (χ1n) is 4.97. The Labute approximate surface area is 87.1 Å². The summed E-state index contributed by atoms with van der Waals surface area (Å²) in [6, 6.07) is 0. The van der Waals surface area contributed by atoms with Crippen LogP contribution in [0.15, 0.2) is 0 Å². The lowest BCUT2D eigenvalue weighted by Crippen LogP contribution is -2.66. The second-order valence-electron chi connectivity index (χ2n) is 4.31. The summed E-state index contributed by atoms with van der Waals surface area (Å²) in [5.41, 5.74) is -1.11. The predicted molar refractivity (Wildman–Crippen MR) is 47.8 cm³/mol. The number of hydrogen-bond donors (Lipinski definition) is 4. The number of rotatable bonds is 0. The van der Waals surface area contributed by atoms with E-state index in [2.05, 4.69) is 0 Å². The standard InChI is InChI=1S/C9H16O6/c1-4-2-14-3-9(4)7(12)5(10)6(11)8(13)15-9/h4-8,10-13H,2-3H2,1H3. The van der Waals surface area contributed by atoms with Gasteiger partial charge >= 0.3 is 0 Å². The quantitative estimate of drug-likeness (QED) is 0.370. The minimum Gasteiger partial charge on any atom is -0.387 e. The fourth-order valence-electron chi connectivity index (χ4n) is 2.21. The van der Waals surface area contributed by atoms with Crippen LogP contribution in [0.3, 0.4) is 0 Å². The van der Waals surface area contributed by atoms with Crippen LogP contribution in [0.4, 0.5) is 0 Å². The molecule has 6 atom stereocenters. The molecule has 6 heteroatoms. The SMILES string of the molecule is CC1COCC12OC(O)C(O)C(O)C2O. The molecule has 88 valence electrons. The molecule has 0 aliphatic carbocycles. The van der Waals surface area contributed by atoms with E-state index in [4.69, 9.17) is 9.47 Å². The molecule has 0 aromatic carbocycles. The lowest BCUT2D eigenvalue weighted by Gasteiger charge is -2.46. The van der Waals surface area contributed by atoms with E-state index in [1.165, 1.54) is 0 Å². The molecule has 2 aliphatic heterocycles. The van der Waals surface area contributed by atoms with Crippen LogP contribution in [0.5, 0.6) is 0 Å². The van der Waals surface area contributed by atoms with Crippen molar-refractivity contribution in [2.75, 3.05) is 13.2 Å². The van der Waals surface area contributed by atoms with Crippen LogP contribution in [0.2, 0.25) is 0 Å². The second-order valence-corrected chi connectivity index (χ2v) is 4.31. The van der Waals surface area contributed by atoms with Gasteiger partial charge in [-0.3, -0.25) is 0 Å². The van der Waals surface area contributed by atoms with E-state index in [1.807, 2.05) is 0 Å². The zero-order valence-electron chi connectivity index (χ0n) is 8.41. The van der Waals surface area contributed by atoms with Crippen LogP contribution in [-0.2, 0) is 9.47 Å². The van der Waals surface area contributed by atoms with Gasteiger partial charge in [0.25, 0.3) is 0 Å². The van der Waals surface area contributed by atoms with Gasteiger partial charge in [-0.25, -0.2) is 0 Å². The summed E-state index contributed by atoms with van der Waals surface area (Å²) in [5, 5.41) is 38.2. The molecular formula is C9H16O6. The lowest BCUT2D eigenvalue weighted by atomic mass is 9.80. The van der Waals surface area contributed by atoms with Gasteiger partial charge in [0.2, 0.25) is 0 Å². The Balaban J connectivity index is 2.26. The van der Waals surface area contributed by atoms with Gasteiger partial charge in [-0.05, 0) is 0 Å². The first-order chi connectivity index (χ1) is 6.99. The minimum absolute atomic E-state index is 0.107. The fraction of sp³-hybridized carbons (Fsp3) is 1.00. The van der Waals surface area contributed by atoms with Crippen molar-refractivity contribution in [1.29, 1.82) is 0 Å². The van der Waals surface area contributed by atoms with Crippen LogP contribution in [0, 0.1) is 5.92 Å². The summed E-state index contributed by atoms with van der Waals surface area (Å²) in [6.45, 7) is 2.30. The largest absolute Gasteiger partial charge is 0.387 e. The van der Waals surface area contributed by atoms with Crippen molar-refractivity contribution >= 4 is 0 Å². The zero-order valence-corrected chi connectivity index (χ0v) is 8.41. The summed E-state index contributed by atoms with van der Waals surface area (Å²) in [6.07, 6.45) is -5.66. The smallest absolute Gasteiger partial charge is 0.184 e. The molecule has 0 amide bonds. The number of ether oxygens (including phenoxy) is 2. The van der Waals surface area contributed by atoms with Crippen molar-refractivity contribution < 1.29 is 29.9 Å². The van der Waals surface area contributed by atoms with Gasteiger partial charge in [0.05, 0.1) is 13.2 Å². The molecular weight excluding hydrogens is 204 g/mol. The molecule has 2 heterocycles. The van der Waals surface area contributed by atoms with Crippen molar-refractivity contribution in [3.63, 3.8) is 0 Å². The van der Waals surface area contributed by atoms with Gasteiger partial charge in [-0.1, -0.05) is 6.92 Å². The fourth-order valence-corrected chi connectivity index (χ4v) is 2.21. The third-order valence-corrected chi connectivity index (χ3v) is 3.34. The Morgan fingerprint density at radius 2 is 1.80 bits per heavy atom. The maximum atomic E-state index is 9.86. The van der Waals surface area contributed by atoms with E-state index in [0.717, 1.165) is 0 Å². The van der Waals surface area contributed by atoms with E-state index in [1.54, 1.807) is 6.92 Å². The van der Waals surface area contributed by atoms with E-state index in [0.29, 0.717) is 6.61 Å². The highest BCUT2D eigenvalue weighted by molar-refractivity contribution is 5.04. The first kappa shape index (κ1) is 11.3. The molecule has 2 aliphatic rings. The maximum absolute atomic E-state index is 9.86. The van der Waals surface area contributed by atoms with E-state index in [-0.39, 0.29) is 12.5 Å². The Morgan fingerprint density at radius 3 is 2.33 bits per heavy atom. The third kappa shape index (κ3) is 1.49. The molecule has 0 bridgehead atoms. The van der Waals surface area contributed by atoms with Crippen LogP contribution in [0.25, 0.3) is 0 Å². The van der Waals surface area contributed by atoms with Crippen molar-refractivity contribution in [3.8, 4) is 0 Å². The Morgan fingerprint density at radius 1 is 1.13 bits per heavy atom. The number of hydrogen-bond acceptors (Lipinski definition) is 6. The molecule has 0 aromatic heterocycles. The van der Waals surface area contributed by atoms with E-state index < -0.39 is 30.2 Å². The molecule has 6 nitrogen and oxygen atoms in total. The Kier molecular flexibility index (Phi) is 2.74. The molecule has 2 rings (SSSR count). The van der Waals surface area contributed by atoms with E-state index >= 15 is 0 Å². The van der Waals surface area contributed by atoms with Crippen LogP contribution < -0.4 is 0 Å². The molecule has 2 saturated heterocycles. The molecule has 0 aromatic rings. The minimum atomic E-state index is -1.49. The van der Waals surface area contributed by atoms with Crippen molar-refractivity contribution in [2.24, 2.45) is 5.92 Å². The maximum Gasteiger partial charge on any atom is 0.184 e. The lowest BCUT2D eigenvalue weighted by molar-refractivity contribution is -0.326. The Bertz CT molecular complexity index is 247. The zero-order chi connectivity index (χ0) is 11.2. The number of aliphatic hydroxyl groups excluding tert-OH is 4. The van der Waals surface area contributed by atoms with Crippen LogP contribution in [0.1, 0.15) is 6.92 Å².